The third-order valence-electron chi connectivity index (χ3n) is 8.39. The molecular weight excluding hydrogens is 615 g/mol. The smallest absolute Gasteiger partial charge is 0.384 e. The minimum absolute atomic E-state index is 0.0214. The molecule has 0 saturated carbocycles. The van der Waals surface area contributed by atoms with Crippen molar-refractivity contribution in [2.24, 2.45) is 5.92 Å². The number of rotatable bonds is 18. The molecule has 9 unspecified atom stereocenters. The van der Waals surface area contributed by atoms with Gasteiger partial charge in [-0.15, -0.1) is 0 Å². The molecule has 0 aliphatic carbocycles. The molecule has 4 aliphatic heterocycles. The molecular formula is C22H43B3O16P2. The Bertz CT molecular complexity index is 1020. The molecule has 4 saturated heterocycles. The fourth-order valence-corrected chi connectivity index (χ4v) is 8.24. The van der Waals surface area contributed by atoms with E-state index in [1.807, 2.05) is 15.7 Å². The molecule has 43 heavy (non-hydrogen) atoms. The minimum atomic E-state index is -4.69. The Morgan fingerprint density at radius 1 is 0.814 bits per heavy atom. The molecule has 0 spiro atoms. The van der Waals surface area contributed by atoms with Crippen LogP contribution in [0.2, 0.25) is 0 Å². The van der Waals surface area contributed by atoms with Crippen molar-refractivity contribution in [3.8, 4) is 0 Å². The lowest BCUT2D eigenvalue weighted by Crippen LogP contribution is -2.62. The quantitative estimate of drug-likeness (QED) is 0.0895. The van der Waals surface area contributed by atoms with Crippen molar-refractivity contribution in [2.75, 3.05) is 67.6 Å². The number of phosphoric acid groups is 2. The molecule has 0 amide bonds. The lowest BCUT2D eigenvalue weighted by molar-refractivity contribution is -0.347. The highest BCUT2D eigenvalue weighted by Crippen LogP contribution is 2.58. The Balaban J connectivity index is 1.34. The summed E-state index contributed by atoms with van der Waals surface area (Å²) >= 11 is 0. The van der Waals surface area contributed by atoms with Gasteiger partial charge in [0.15, 0.2) is 5.79 Å². The van der Waals surface area contributed by atoms with E-state index in [0.29, 0.717) is 13.2 Å². The normalized spacial score (nSPS) is 41.9. The fraction of sp³-hybridized carbons (Fsp3) is 1.00. The van der Waals surface area contributed by atoms with E-state index in [1.54, 1.807) is 15.0 Å². The zero-order chi connectivity index (χ0) is 31.5. The minimum Gasteiger partial charge on any atom is -0.384 e. The van der Waals surface area contributed by atoms with Gasteiger partial charge < -0.3 is 47.7 Å². The number of hydrogen-bond donors (Lipinski definition) is 2. The highest BCUT2D eigenvalue weighted by Gasteiger charge is 2.64. The predicted molar refractivity (Wildman–Crippen MR) is 155 cm³/mol. The van der Waals surface area contributed by atoms with Gasteiger partial charge in [0.1, 0.15) is 47.5 Å². The van der Waals surface area contributed by atoms with Gasteiger partial charge >= 0.3 is 15.6 Å². The predicted octanol–water partition coefficient (Wildman–Crippen LogP) is -2.49. The lowest BCUT2D eigenvalue weighted by atomic mass is 9.79. The number of hydrogen-bond acceptors (Lipinski definition) is 14. The van der Waals surface area contributed by atoms with Crippen LogP contribution in [0.25, 0.3) is 0 Å². The Morgan fingerprint density at radius 2 is 1.51 bits per heavy atom. The summed E-state index contributed by atoms with van der Waals surface area (Å²) in [5.74, 6) is -1.68. The van der Waals surface area contributed by atoms with Gasteiger partial charge in [0.25, 0.3) is 0 Å². The summed E-state index contributed by atoms with van der Waals surface area (Å²) in [5.41, 5.74) is -1.55. The van der Waals surface area contributed by atoms with E-state index < -0.39 is 45.7 Å². The molecule has 4 rings (SSSR count). The van der Waals surface area contributed by atoms with E-state index in [9.17, 15) is 18.9 Å². The van der Waals surface area contributed by atoms with Crippen molar-refractivity contribution in [1.82, 2.24) is 0 Å². The standard InChI is InChI=1S/C22H43B3O16P2/c1-30-6-5-22(13-10-34-18(23)15(13)39-22)41-43(28,29)37-7-4-21(12-36-20(25)17(21)32-3)40-42(26,27)38-9-8-33-16-14(31-2)11-35-19(16)24/h13-20H,4-12,23-25H2,1-3H3,(H,26,27)(H,28,29)/t13?,14?,15?,16?,17?,18-,19-,20-,21?,22?/m1/s1. The first-order valence-corrected chi connectivity index (χ1v) is 17.3. The zero-order valence-electron chi connectivity index (χ0n) is 25.5. The summed E-state index contributed by atoms with van der Waals surface area (Å²) in [6.07, 6.45) is -1.69. The van der Waals surface area contributed by atoms with Gasteiger partial charge in [0.2, 0.25) is 0 Å². The monoisotopic (exact) mass is 658 g/mol. The number of fused-ring (bicyclic) bond motifs is 1. The third kappa shape index (κ3) is 8.34. The molecule has 4 heterocycles. The second kappa shape index (κ2) is 14.9. The average Bonchev–Trinajstić information content (AvgIpc) is 3.56. The Kier molecular flexibility index (Phi) is 12.4. The highest BCUT2D eigenvalue weighted by molar-refractivity contribution is 7.47. The molecule has 21 heteroatoms. The molecule has 16 nitrogen and oxygen atoms in total. The van der Waals surface area contributed by atoms with Gasteiger partial charge in [0, 0.05) is 34.2 Å². The highest BCUT2D eigenvalue weighted by atomic mass is 31.2. The van der Waals surface area contributed by atoms with E-state index in [1.165, 1.54) is 14.2 Å². The maximum Gasteiger partial charge on any atom is 0.474 e. The van der Waals surface area contributed by atoms with Crippen LogP contribution in [0.4, 0.5) is 0 Å². The summed E-state index contributed by atoms with van der Waals surface area (Å²) in [7, 11) is 0.486. The van der Waals surface area contributed by atoms with E-state index in [-0.39, 0.29) is 75.5 Å². The summed E-state index contributed by atoms with van der Waals surface area (Å²) in [6, 6.07) is -0.915. The summed E-state index contributed by atoms with van der Waals surface area (Å²) in [4.78, 5) is 21.2. The van der Waals surface area contributed by atoms with Crippen molar-refractivity contribution in [3.05, 3.63) is 0 Å². The Labute approximate surface area is 254 Å². The summed E-state index contributed by atoms with van der Waals surface area (Å²) in [6.45, 7) is 0.0441. The Morgan fingerprint density at radius 3 is 2.19 bits per heavy atom. The second-order valence-corrected chi connectivity index (χ2v) is 14.0. The molecule has 0 radical (unpaired) electrons. The molecule has 246 valence electrons. The van der Waals surface area contributed by atoms with Crippen LogP contribution in [0.5, 0.6) is 0 Å². The molecule has 0 aromatic rings. The molecule has 0 aromatic carbocycles. The molecule has 4 aliphatic rings. The van der Waals surface area contributed by atoms with Crippen LogP contribution >= 0.6 is 15.6 Å². The van der Waals surface area contributed by atoms with Gasteiger partial charge in [-0.25, -0.2) is 9.13 Å². The number of phosphoric ester groups is 2. The largest absolute Gasteiger partial charge is 0.474 e. The van der Waals surface area contributed by atoms with Crippen LogP contribution in [0.15, 0.2) is 0 Å². The molecule has 0 aromatic heterocycles. The van der Waals surface area contributed by atoms with Crippen LogP contribution < -0.4 is 0 Å². The first-order chi connectivity index (χ1) is 20.3. The van der Waals surface area contributed by atoms with E-state index in [2.05, 4.69) is 0 Å². The molecule has 4 fully saturated rings. The van der Waals surface area contributed by atoms with Gasteiger partial charge in [-0.3, -0.25) is 18.1 Å². The molecule has 0 bridgehead atoms. The maximum absolute atomic E-state index is 13.1. The summed E-state index contributed by atoms with van der Waals surface area (Å²) < 4.78 is 92.3. The van der Waals surface area contributed by atoms with Crippen molar-refractivity contribution in [1.29, 1.82) is 0 Å². The zero-order valence-corrected chi connectivity index (χ0v) is 27.3. The average molecular weight is 658 g/mol. The maximum atomic E-state index is 13.1. The fourth-order valence-electron chi connectivity index (χ4n) is 6.14. The first-order valence-electron chi connectivity index (χ1n) is 14.4. The van der Waals surface area contributed by atoms with Crippen LogP contribution in [0.1, 0.15) is 12.8 Å². The third-order valence-corrected chi connectivity index (χ3v) is 10.5. The molecule has 12 atom stereocenters. The van der Waals surface area contributed by atoms with Gasteiger partial charge in [0.05, 0.1) is 76.3 Å². The SMILES string of the molecule is B[C@@H]1OCC(OC)C1OCCOP(=O)(O)OC1(CCOP(=O)(O)OC2(CCOC)OC3C2CO[C@H]3B)CO[C@@H](B)C1OC. The van der Waals surface area contributed by atoms with Crippen LogP contribution in [0, 0.1) is 5.92 Å². The number of methoxy groups -OCH3 is 3. The summed E-state index contributed by atoms with van der Waals surface area (Å²) in [5, 5.41) is 0. The second-order valence-electron chi connectivity index (χ2n) is 11.2. The topological polar surface area (TPSA) is 185 Å². The number of ether oxygens (including phenoxy) is 8. The molecule has 2 N–H and O–H groups in total. The van der Waals surface area contributed by atoms with E-state index in [4.69, 9.17) is 56.0 Å². The lowest BCUT2D eigenvalue weighted by Gasteiger charge is -2.51. The van der Waals surface area contributed by atoms with Crippen LogP contribution in [0.3, 0.4) is 0 Å². The van der Waals surface area contributed by atoms with E-state index in [0.717, 1.165) is 0 Å². The first kappa shape index (κ1) is 35.9. The van der Waals surface area contributed by atoms with Gasteiger partial charge in [-0.1, -0.05) is 0 Å². The van der Waals surface area contributed by atoms with Gasteiger partial charge in [-0.05, 0) is 0 Å². The van der Waals surface area contributed by atoms with Crippen LogP contribution in [-0.4, -0.2) is 155 Å². The van der Waals surface area contributed by atoms with E-state index >= 15 is 0 Å². The van der Waals surface area contributed by atoms with Crippen molar-refractivity contribution < 1.29 is 74.9 Å². The van der Waals surface area contributed by atoms with Crippen LogP contribution in [-0.2, 0) is 65.1 Å². The van der Waals surface area contributed by atoms with Crippen molar-refractivity contribution in [2.45, 2.75) is 66.7 Å². The van der Waals surface area contributed by atoms with Gasteiger partial charge in [-0.2, -0.15) is 0 Å². The van der Waals surface area contributed by atoms with Crippen molar-refractivity contribution in [3.63, 3.8) is 0 Å². The van der Waals surface area contributed by atoms with Crippen molar-refractivity contribution >= 4 is 39.2 Å². The Hall–Kier alpha value is 0.0948.